The number of nitrogens with one attached hydrogen (secondary N) is 2. The molecular weight excluding hydrogens is 328 g/mol. The van der Waals surface area contributed by atoms with Crippen molar-refractivity contribution in [1.29, 1.82) is 0 Å². The summed E-state index contributed by atoms with van der Waals surface area (Å²) in [6, 6.07) is 17.3. The van der Waals surface area contributed by atoms with Gasteiger partial charge in [0.05, 0.1) is 11.5 Å². The topological polar surface area (TPSA) is 75.3 Å². The van der Waals surface area contributed by atoms with Crippen LogP contribution in [0, 0.1) is 5.92 Å². The predicted octanol–water partition coefficient (Wildman–Crippen LogP) is 2.31. The van der Waals surface area contributed by atoms with Crippen LogP contribution in [0.3, 0.4) is 0 Å². The summed E-state index contributed by atoms with van der Waals surface area (Å²) in [6.45, 7) is 0. The van der Waals surface area contributed by atoms with Crippen molar-refractivity contribution in [2.75, 3.05) is 0 Å². The third-order valence-electron chi connectivity index (χ3n) is 5.19. The Morgan fingerprint density at radius 2 is 1.73 bits per heavy atom. The molecule has 4 rings (SSSR count). The van der Waals surface area contributed by atoms with Crippen molar-refractivity contribution in [3.8, 4) is 0 Å². The van der Waals surface area contributed by atoms with Gasteiger partial charge in [-0.05, 0) is 42.5 Å². The van der Waals surface area contributed by atoms with Crippen LogP contribution in [0.25, 0.3) is 0 Å². The smallest absolute Gasteiger partial charge is 0.251 e. The van der Waals surface area contributed by atoms with Crippen LogP contribution in [0.4, 0.5) is 0 Å². The van der Waals surface area contributed by atoms with E-state index in [1.165, 1.54) is 0 Å². The van der Waals surface area contributed by atoms with E-state index in [2.05, 4.69) is 10.6 Å². The highest BCUT2D eigenvalue weighted by molar-refractivity contribution is 6.03. The molecule has 0 spiro atoms. The van der Waals surface area contributed by atoms with E-state index in [0.29, 0.717) is 12.0 Å². The van der Waals surface area contributed by atoms with Crippen LogP contribution >= 0.6 is 0 Å². The number of amides is 3. The van der Waals surface area contributed by atoms with Gasteiger partial charge in [0.15, 0.2) is 0 Å². The Labute approximate surface area is 151 Å². The highest BCUT2D eigenvalue weighted by Crippen LogP contribution is 2.45. The first kappa shape index (κ1) is 16.5. The van der Waals surface area contributed by atoms with Gasteiger partial charge < -0.3 is 5.32 Å². The summed E-state index contributed by atoms with van der Waals surface area (Å²) in [6.07, 6.45) is 2.64. The van der Waals surface area contributed by atoms with Crippen LogP contribution in [0.2, 0.25) is 0 Å². The summed E-state index contributed by atoms with van der Waals surface area (Å²) in [5, 5.41) is 5.48. The summed E-state index contributed by atoms with van der Waals surface area (Å²) >= 11 is 0. The zero-order valence-electron chi connectivity index (χ0n) is 14.3. The number of carbonyl (C=O) groups excluding carboxylic acids is 3. The molecule has 26 heavy (non-hydrogen) atoms. The van der Waals surface area contributed by atoms with E-state index in [9.17, 15) is 14.4 Å². The molecule has 1 saturated carbocycles. The average molecular weight is 348 g/mol. The van der Waals surface area contributed by atoms with Crippen molar-refractivity contribution in [3.05, 3.63) is 71.3 Å². The fourth-order valence-corrected chi connectivity index (χ4v) is 3.51. The molecular formula is C21H20N2O3. The Morgan fingerprint density at radius 1 is 1.04 bits per heavy atom. The molecule has 1 aliphatic heterocycles. The van der Waals surface area contributed by atoms with Gasteiger partial charge in [0.1, 0.15) is 0 Å². The second-order valence-electron chi connectivity index (χ2n) is 7.12. The molecule has 132 valence electrons. The average Bonchev–Trinajstić information content (AvgIpc) is 3.36. The van der Waals surface area contributed by atoms with Crippen molar-refractivity contribution < 1.29 is 14.4 Å². The van der Waals surface area contributed by atoms with Gasteiger partial charge in [-0.2, -0.15) is 0 Å². The lowest BCUT2D eigenvalue weighted by Gasteiger charge is -2.18. The highest BCUT2D eigenvalue weighted by Gasteiger charge is 2.45. The van der Waals surface area contributed by atoms with E-state index in [1.807, 2.05) is 42.5 Å². The fraction of sp³-hybridized carbons (Fsp3) is 0.286. The molecule has 0 bridgehead atoms. The van der Waals surface area contributed by atoms with Gasteiger partial charge in [0, 0.05) is 12.0 Å². The van der Waals surface area contributed by atoms with E-state index in [-0.39, 0.29) is 35.6 Å². The van der Waals surface area contributed by atoms with Gasteiger partial charge in [-0.3, -0.25) is 19.7 Å². The first-order valence-electron chi connectivity index (χ1n) is 8.86. The van der Waals surface area contributed by atoms with E-state index >= 15 is 0 Å². The molecule has 1 saturated heterocycles. The minimum Gasteiger partial charge on any atom is -0.343 e. The van der Waals surface area contributed by atoms with Gasteiger partial charge in [0.2, 0.25) is 11.8 Å². The lowest BCUT2D eigenvalue weighted by atomic mass is 9.97. The molecule has 2 aromatic carbocycles. The van der Waals surface area contributed by atoms with Gasteiger partial charge in [-0.1, -0.05) is 42.5 Å². The SMILES string of the molecule is O=C1CC(Cc2ccc(C(=O)NC3(c4ccccc4)CC3)cc2)C(=O)N1. The first-order valence-corrected chi connectivity index (χ1v) is 8.86. The Kier molecular flexibility index (Phi) is 4.07. The monoisotopic (exact) mass is 348 g/mol. The maximum absolute atomic E-state index is 12.6. The maximum Gasteiger partial charge on any atom is 0.251 e. The molecule has 2 N–H and O–H groups in total. The molecule has 1 unspecified atom stereocenters. The fourth-order valence-electron chi connectivity index (χ4n) is 3.51. The highest BCUT2D eigenvalue weighted by atomic mass is 16.2. The molecule has 2 aromatic rings. The van der Waals surface area contributed by atoms with Gasteiger partial charge in [-0.15, -0.1) is 0 Å². The van der Waals surface area contributed by atoms with Gasteiger partial charge in [-0.25, -0.2) is 0 Å². The van der Waals surface area contributed by atoms with Crippen molar-refractivity contribution in [1.82, 2.24) is 10.6 Å². The number of imide groups is 1. The van der Waals surface area contributed by atoms with Crippen molar-refractivity contribution >= 4 is 17.7 Å². The third kappa shape index (κ3) is 3.25. The number of benzene rings is 2. The van der Waals surface area contributed by atoms with Crippen LogP contribution < -0.4 is 10.6 Å². The first-order chi connectivity index (χ1) is 12.6. The standard InChI is InChI=1S/C21H20N2O3/c24-18-13-16(19(25)22-18)12-14-6-8-15(9-7-14)20(26)23-21(10-11-21)17-4-2-1-3-5-17/h1-9,16H,10-13H2,(H,23,26)(H,22,24,25). The van der Waals surface area contributed by atoms with Gasteiger partial charge >= 0.3 is 0 Å². The second-order valence-corrected chi connectivity index (χ2v) is 7.12. The second kappa shape index (κ2) is 6.41. The summed E-state index contributed by atoms with van der Waals surface area (Å²) in [4.78, 5) is 35.5. The number of rotatable bonds is 5. The summed E-state index contributed by atoms with van der Waals surface area (Å²) in [5.41, 5.74) is 2.45. The molecule has 5 heteroatoms. The summed E-state index contributed by atoms with van der Waals surface area (Å²) in [7, 11) is 0. The third-order valence-corrected chi connectivity index (χ3v) is 5.19. The van der Waals surface area contributed by atoms with Crippen LogP contribution in [0.1, 0.15) is 40.7 Å². The zero-order valence-corrected chi connectivity index (χ0v) is 14.3. The van der Waals surface area contributed by atoms with E-state index in [4.69, 9.17) is 0 Å². The summed E-state index contributed by atoms with van der Waals surface area (Å²) < 4.78 is 0. The van der Waals surface area contributed by atoms with Crippen LogP contribution in [0.5, 0.6) is 0 Å². The Hall–Kier alpha value is -2.95. The lowest BCUT2D eigenvalue weighted by Crippen LogP contribution is -2.34. The quantitative estimate of drug-likeness (QED) is 0.814. The minimum atomic E-state index is -0.310. The Morgan fingerprint density at radius 3 is 2.31 bits per heavy atom. The lowest BCUT2D eigenvalue weighted by molar-refractivity contribution is -0.125. The Balaban J connectivity index is 1.41. The number of carbonyl (C=O) groups is 3. The van der Waals surface area contributed by atoms with Gasteiger partial charge in [0.25, 0.3) is 5.91 Å². The minimum absolute atomic E-state index is 0.0910. The van der Waals surface area contributed by atoms with Crippen LogP contribution in [-0.2, 0) is 21.5 Å². The molecule has 2 fully saturated rings. The molecule has 3 amide bonds. The molecule has 1 aliphatic carbocycles. The Bertz CT molecular complexity index is 855. The molecule has 2 aliphatic rings. The number of hydrogen-bond donors (Lipinski definition) is 2. The molecule has 1 heterocycles. The van der Waals surface area contributed by atoms with Crippen molar-refractivity contribution in [2.24, 2.45) is 5.92 Å². The molecule has 1 atom stereocenters. The van der Waals surface area contributed by atoms with Crippen LogP contribution in [0.15, 0.2) is 54.6 Å². The van der Waals surface area contributed by atoms with Crippen LogP contribution in [-0.4, -0.2) is 17.7 Å². The molecule has 0 aromatic heterocycles. The zero-order chi connectivity index (χ0) is 18.1. The van der Waals surface area contributed by atoms with E-state index in [1.54, 1.807) is 12.1 Å². The van der Waals surface area contributed by atoms with E-state index < -0.39 is 0 Å². The summed E-state index contributed by atoms with van der Waals surface area (Å²) in [5.74, 6) is -0.830. The van der Waals surface area contributed by atoms with Crippen molar-refractivity contribution in [2.45, 2.75) is 31.2 Å². The predicted molar refractivity (Wildman–Crippen MR) is 96.2 cm³/mol. The van der Waals surface area contributed by atoms with Crippen molar-refractivity contribution in [3.63, 3.8) is 0 Å². The molecule has 0 radical (unpaired) electrons. The number of hydrogen-bond acceptors (Lipinski definition) is 3. The normalized spacial score (nSPS) is 20.5. The maximum atomic E-state index is 12.6. The molecule has 5 nitrogen and oxygen atoms in total. The van der Waals surface area contributed by atoms with E-state index in [0.717, 1.165) is 24.0 Å². The largest absolute Gasteiger partial charge is 0.343 e.